The van der Waals surface area contributed by atoms with Crippen LogP contribution in [0.1, 0.15) is 38.8 Å². The van der Waals surface area contributed by atoms with Gasteiger partial charge in [0.2, 0.25) is 0 Å². The van der Waals surface area contributed by atoms with E-state index < -0.39 is 6.10 Å². The number of carbonyl (C=O) groups is 1. The Bertz CT molecular complexity index is 627. The lowest BCUT2D eigenvalue weighted by Gasteiger charge is -2.19. The molecule has 2 rings (SSSR count). The van der Waals surface area contributed by atoms with Gasteiger partial charge in [0, 0.05) is 6.54 Å². The molecule has 0 radical (unpaired) electrons. The molecule has 0 aliphatic carbocycles. The Kier molecular flexibility index (Phi) is 5.43. The Hall–Kier alpha value is -2.29. The van der Waals surface area contributed by atoms with Gasteiger partial charge in [-0.15, -0.1) is 0 Å². The first kappa shape index (κ1) is 17.1. The summed E-state index contributed by atoms with van der Waals surface area (Å²) >= 11 is 0. The van der Waals surface area contributed by atoms with Crippen LogP contribution in [0.25, 0.3) is 0 Å². The zero-order chi connectivity index (χ0) is 16.9. The number of ether oxygens (including phenoxy) is 1. The molecule has 1 atom stereocenters. The largest absolute Gasteiger partial charge is 0.481 e. The minimum atomic E-state index is -0.522. The van der Waals surface area contributed by atoms with Crippen molar-refractivity contribution in [1.29, 1.82) is 0 Å². The number of rotatable bonds is 5. The summed E-state index contributed by atoms with van der Waals surface area (Å²) in [6.45, 7) is 8.82. The molecule has 0 spiro atoms. The molecule has 122 valence electrons. The van der Waals surface area contributed by atoms with Crippen molar-refractivity contribution in [2.45, 2.75) is 45.8 Å². The van der Waals surface area contributed by atoms with E-state index in [1.807, 2.05) is 30.3 Å². The molecule has 0 aliphatic rings. The second-order valence-electron chi connectivity index (χ2n) is 6.74. The highest BCUT2D eigenvalue weighted by Gasteiger charge is 2.15. The average Bonchev–Trinajstić information content (AvgIpc) is 2.53. The van der Waals surface area contributed by atoms with E-state index in [9.17, 15) is 4.79 Å². The molecule has 0 aromatic heterocycles. The maximum absolute atomic E-state index is 12.1. The number of hydrogen-bond donors (Lipinski definition) is 1. The fourth-order valence-electron chi connectivity index (χ4n) is 2.21. The van der Waals surface area contributed by atoms with E-state index >= 15 is 0 Å². The lowest BCUT2D eigenvalue weighted by atomic mass is 9.87. The number of carbonyl (C=O) groups excluding carboxylic acids is 1. The van der Waals surface area contributed by atoms with E-state index in [0.717, 1.165) is 5.56 Å². The van der Waals surface area contributed by atoms with E-state index in [1.165, 1.54) is 5.56 Å². The Morgan fingerprint density at radius 1 is 1.04 bits per heavy atom. The lowest BCUT2D eigenvalue weighted by Crippen LogP contribution is -2.35. The maximum atomic E-state index is 12.1. The first-order valence-electron chi connectivity index (χ1n) is 7.95. The number of amides is 1. The molecule has 1 amide bonds. The third-order valence-corrected chi connectivity index (χ3v) is 3.71. The predicted molar refractivity (Wildman–Crippen MR) is 93.5 cm³/mol. The normalized spacial score (nSPS) is 12.5. The van der Waals surface area contributed by atoms with Crippen LogP contribution in [0.5, 0.6) is 5.75 Å². The summed E-state index contributed by atoms with van der Waals surface area (Å²) in [5.74, 6) is 0.582. The molecule has 2 aromatic carbocycles. The third kappa shape index (κ3) is 5.13. The smallest absolute Gasteiger partial charge is 0.261 e. The minimum Gasteiger partial charge on any atom is -0.481 e. The molecule has 2 aromatic rings. The van der Waals surface area contributed by atoms with Crippen molar-refractivity contribution in [3.63, 3.8) is 0 Å². The van der Waals surface area contributed by atoms with Crippen LogP contribution in [0.15, 0.2) is 54.6 Å². The highest BCUT2D eigenvalue weighted by molar-refractivity contribution is 5.80. The molecule has 0 saturated carbocycles. The lowest BCUT2D eigenvalue weighted by molar-refractivity contribution is -0.127. The summed E-state index contributed by atoms with van der Waals surface area (Å²) in [7, 11) is 0. The summed E-state index contributed by atoms with van der Waals surface area (Å²) in [4.78, 5) is 12.1. The molecule has 0 fully saturated rings. The Morgan fingerprint density at radius 3 is 2.22 bits per heavy atom. The molecule has 1 unspecified atom stereocenters. The molecule has 3 heteroatoms. The number of hydrogen-bond acceptors (Lipinski definition) is 2. The van der Waals surface area contributed by atoms with E-state index in [4.69, 9.17) is 4.74 Å². The predicted octanol–water partition coefficient (Wildman–Crippen LogP) is 4.07. The van der Waals surface area contributed by atoms with Gasteiger partial charge in [-0.2, -0.15) is 0 Å². The van der Waals surface area contributed by atoms with Crippen LogP contribution in [-0.2, 0) is 16.8 Å². The summed E-state index contributed by atoms with van der Waals surface area (Å²) in [5, 5.41) is 2.91. The van der Waals surface area contributed by atoms with Crippen molar-refractivity contribution in [2.75, 3.05) is 0 Å². The summed E-state index contributed by atoms with van der Waals surface area (Å²) in [6, 6.07) is 17.7. The van der Waals surface area contributed by atoms with Crippen LogP contribution in [0.3, 0.4) is 0 Å². The minimum absolute atomic E-state index is 0.117. The molecule has 0 aliphatic heterocycles. The van der Waals surface area contributed by atoms with Gasteiger partial charge in [0.15, 0.2) is 6.10 Å². The molecule has 0 heterocycles. The van der Waals surface area contributed by atoms with Crippen LogP contribution < -0.4 is 10.1 Å². The van der Waals surface area contributed by atoms with Gasteiger partial charge in [0.25, 0.3) is 5.91 Å². The summed E-state index contributed by atoms with van der Waals surface area (Å²) in [5.41, 5.74) is 2.51. The Morgan fingerprint density at radius 2 is 1.65 bits per heavy atom. The van der Waals surface area contributed by atoms with Gasteiger partial charge < -0.3 is 10.1 Å². The third-order valence-electron chi connectivity index (χ3n) is 3.71. The van der Waals surface area contributed by atoms with Gasteiger partial charge in [-0.3, -0.25) is 4.79 Å². The second kappa shape index (κ2) is 7.32. The van der Waals surface area contributed by atoms with E-state index in [2.05, 4.69) is 50.4 Å². The monoisotopic (exact) mass is 311 g/mol. The van der Waals surface area contributed by atoms with Gasteiger partial charge in [-0.25, -0.2) is 0 Å². The quantitative estimate of drug-likeness (QED) is 0.904. The molecule has 1 N–H and O–H groups in total. The van der Waals surface area contributed by atoms with Gasteiger partial charge >= 0.3 is 0 Å². The van der Waals surface area contributed by atoms with Crippen molar-refractivity contribution in [3.8, 4) is 5.75 Å². The number of benzene rings is 2. The van der Waals surface area contributed by atoms with Gasteiger partial charge in [-0.1, -0.05) is 63.2 Å². The van der Waals surface area contributed by atoms with Crippen LogP contribution >= 0.6 is 0 Å². The molecule has 23 heavy (non-hydrogen) atoms. The molecule has 3 nitrogen and oxygen atoms in total. The molecule has 0 saturated heterocycles. The fourth-order valence-corrected chi connectivity index (χ4v) is 2.21. The van der Waals surface area contributed by atoms with Gasteiger partial charge in [0.1, 0.15) is 5.75 Å². The van der Waals surface area contributed by atoms with E-state index in [1.54, 1.807) is 6.92 Å². The number of para-hydroxylation sites is 1. The van der Waals surface area contributed by atoms with Crippen LogP contribution in [0.4, 0.5) is 0 Å². The van der Waals surface area contributed by atoms with Crippen LogP contribution in [-0.4, -0.2) is 12.0 Å². The first-order valence-corrected chi connectivity index (χ1v) is 7.95. The summed E-state index contributed by atoms with van der Waals surface area (Å²) < 4.78 is 5.62. The zero-order valence-corrected chi connectivity index (χ0v) is 14.3. The standard InChI is InChI=1S/C20H25NO2/c1-15(23-18-8-6-5-7-9-18)19(22)21-14-16-10-12-17(13-11-16)20(2,3)4/h5-13,15H,14H2,1-4H3,(H,21,22). The van der Waals surface area contributed by atoms with Gasteiger partial charge in [0.05, 0.1) is 0 Å². The van der Waals surface area contributed by atoms with Crippen LogP contribution in [0, 0.1) is 0 Å². The van der Waals surface area contributed by atoms with Crippen molar-refractivity contribution in [2.24, 2.45) is 0 Å². The van der Waals surface area contributed by atoms with Crippen molar-refractivity contribution < 1.29 is 9.53 Å². The van der Waals surface area contributed by atoms with E-state index in [-0.39, 0.29) is 11.3 Å². The topological polar surface area (TPSA) is 38.3 Å². The highest BCUT2D eigenvalue weighted by atomic mass is 16.5. The van der Waals surface area contributed by atoms with E-state index in [0.29, 0.717) is 12.3 Å². The SMILES string of the molecule is CC(Oc1ccccc1)C(=O)NCc1ccc(C(C)(C)C)cc1. The zero-order valence-electron chi connectivity index (χ0n) is 14.3. The Balaban J connectivity index is 1.86. The van der Waals surface area contributed by atoms with Crippen LogP contribution in [0.2, 0.25) is 0 Å². The molecular weight excluding hydrogens is 286 g/mol. The average molecular weight is 311 g/mol. The second-order valence-corrected chi connectivity index (χ2v) is 6.74. The van der Waals surface area contributed by atoms with Crippen molar-refractivity contribution in [1.82, 2.24) is 5.32 Å². The summed E-state index contributed by atoms with van der Waals surface area (Å²) in [6.07, 6.45) is -0.522. The maximum Gasteiger partial charge on any atom is 0.261 e. The Labute approximate surface area is 138 Å². The molecular formula is C20H25NO2. The van der Waals surface area contributed by atoms with Crippen molar-refractivity contribution in [3.05, 3.63) is 65.7 Å². The van der Waals surface area contributed by atoms with Crippen molar-refractivity contribution >= 4 is 5.91 Å². The highest BCUT2D eigenvalue weighted by Crippen LogP contribution is 2.22. The molecule has 0 bridgehead atoms. The van der Waals surface area contributed by atoms with Gasteiger partial charge in [-0.05, 0) is 35.6 Å². The number of nitrogens with one attached hydrogen (secondary N) is 1. The first-order chi connectivity index (χ1) is 10.9. The fraction of sp³-hybridized carbons (Fsp3) is 0.350.